The van der Waals surface area contributed by atoms with Gasteiger partial charge in [-0.2, -0.15) is 0 Å². The van der Waals surface area contributed by atoms with Crippen LogP contribution in [0.4, 0.5) is 0 Å². The lowest BCUT2D eigenvalue weighted by molar-refractivity contribution is -0.133. The van der Waals surface area contributed by atoms with Crippen LogP contribution in [0.15, 0.2) is 72.8 Å². The molecule has 36 heavy (non-hydrogen) atoms. The first-order chi connectivity index (χ1) is 17.4. The van der Waals surface area contributed by atoms with Crippen LogP contribution in [0.3, 0.4) is 0 Å². The molecule has 0 bridgehead atoms. The van der Waals surface area contributed by atoms with Gasteiger partial charge >= 0.3 is 0 Å². The zero-order valence-electron chi connectivity index (χ0n) is 19.9. The Morgan fingerprint density at radius 1 is 0.972 bits per heavy atom. The minimum absolute atomic E-state index is 0.0781. The van der Waals surface area contributed by atoms with Gasteiger partial charge in [0, 0.05) is 24.1 Å². The summed E-state index contributed by atoms with van der Waals surface area (Å²) in [6.07, 6.45) is 0.545. The summed E-state index contributed by atoms with van der Waals surface area (Å²) in [7, 11) is 0. The molecule has 2 atom stereocenters. The van der Waals surface area contributed by atoms with Gasteiger partial charge in [-0.1, -0.05) is 30.3 Å². The van der Waals surface area contributed by atoms with Crippen molar-refractivity contribution in [2.24, 2.45) is 0 Å². The summed E-state index contributed by atoms with van der Waals surface area (Å²) < 4.78 is 5.90. The standard InChI is InChI=1S/C29H26N2O5/c1-18(19-6-5-9-24(15-19)36-23-7-3-2-4-8-23)30-28(34)20-10-12-25-21(14-20)17-31(29(25)35)26-13-11-22(32)16-27(26)33/h2-10,12,14-15,18,26H,11,13,16-17H2,1H3,(H,30,34)/t18-,26?/m0/s1. The zero-order chi connectivity index (χ0) is 25.2. The number of carbonyl (C=O) groups excluding carboxylic acids is 4. The van der Waals surface area contributed by atoms with Crippen LogP contribution < -0.4 is 10.1 Å². The lowest BCUT2D eigenvalue weighted by atomic mass is 9.92. The highest BCUT2D eigenvalue weighted by Gasteiger charge is 2.39. The maximum absolute atomic E-state index is 13.0. The van der Waals surface area contributed by atoms with Crippen LogP contribution in [0, 0.1) is 0 Å². The van der Waals surface area contributed by atoms with Crippen molar-refractivity contribution < 1.29 is 23.9 Å². The van der Waals surface area contributed by atoms with Gasteiger partial charge in [0.1, 0.15) is 17.3 Å². The highest BCUT2D eigenvalue weighted by molar-refractivity contribution is 6.08. The second-order valence-corrected chi connectivity index (χ2v) is 9.22. The number of hydrogen-bond acceptors (Lipinski definition) is 5. The van der Waals surface area contributed by atoms with E-state index in [-0.39, 0.29) is 42.4 Å². The molecule has 2 aliphatic rings. The molecule has 1 fully saturated rings. The van der Waals surface area contributed by atoms with Gasteiger partial charge in [0.2, 0.25) is 0 Å². The van der Waals surface area contributed by atoms with E-state index in [0.29, 0.717) is 35.3 Å². The molecular weight excluding hydrogens is 456 g/mol. The number of fused-ring (bicyclic) bond motifs is 1. The van der Waals surface area contributed by atoms with E-state index in [0.717, 1.165) is 11.3 Å². The van der Waals surface area contributed by atoms with Crippen LogP contribution in [0.2, 0.25) is 0 Å². The number of nitrogens with one attached hydrogen (secondary N) is 1. The highest BCUT2D eigenvalue weighted by Crippen LogP contribution is 2.30. The molecule has 3 aromatic rings. The largest absolute Gasteiger partial charge is 0.457 e. The summed E-state index contributed by atoms with van der Waals surface area (Å²) in [5, 5.41) is 3.01. The molecule has 0 radical (unpaired) electrons. The average molecular weight is 483 g/mol. The van der Waals surface area contributed by atoms with Gasteiger partial charge in [0.05, 0.1) is 18.5 Å². The van der Waals surface area contributed by atoms with Crippen molar-refractivity contribution >= 4 is 23.4 Å². The predicted molar refractivity (Wildman–Crippen MR) is 133 cm³/mol. The van der Waals surface area contributed by atoms with Gasteiger partial charge in [-0.15, -0.1) is 0 Å². The second-order valence-electron chi connectivity index (χ2n) is 9.22. The molecular formula is C29H26N2O5. The van der Waals surface area contributed by atoms with Gasteiger partial charge < -0.3 is 15.0 Å². The number of carbonyl (C=O) groups is 4. The average Bonchev–Trinajstić information content (AvgIpc) is 3.20. The van der Waals surface area contributed by atoms with Crippen molar-refractivity contribution in [1.29, 1.82) is 0 Å². The van der Waals surface area contributed by atoms with Crippen LogP contribution >= 0.6 is 0 Å². The van der Waals surface area contributed by atoms with Crippen molar-refractivity contribution in [2.75, 3.05) is 0 Å². The minimum Gasteiger partial charge on any atom is -0.457 e. The van der Waals surface area contributed by atoms with Gasteiger partial charge in [-0.05, 0) is 66.9 Å². The van der Waals surface area contributed by atoms with Crippen LogP contribution in [0.5, 0.6) is 11.5 Å². The fourth-order valence-electron chi connectivity index (χ4n) is 4.76. The number of amides is 2. The minimum atomic E-state index is -0.578. The van der Waals surface area contributed by atoms with Crippen molar-refractivity contribution in [3.8, 4) is 11.5 Å². The number of benzene rings is 3. The first-order valence-electron chi connectivity index (χ1n) is 12.0. The van der Waals surface area contributed by atoms with E-state index in [1.807, 2.05) is 61.5 Å². The quantitative estimate of drug-likeness (QED) is 0.518. The molecule has 1 heterocycles. The number of rotatable bonds is 6. The van der Waals surface area contributed by atoms with Crippen molar-refractivity contribution in [3.63, 3.8) is 0 Å². The van der Waals surface area contributed by atoms with E-state index in [9.17, 15) is 19.2 Å². The number of para-hydroxylation sites is 1. The fraction of sp³-hybridized carbons (Fsp3) is 0.241. The molecule has 5 rings (SSSR count). The van der Waals surface area contributed by atoms with E-state index in [1.54, 1.807) is 18.2 Å². The van der Waals surface area contributed by atoms with E-state index in [1.165, 1.54) is 4.90 Å². The van der Waals surface area contributed by atoms with Crippen LogP contribution in [0.25, 0.3) is 0 Å². The van der Waals surface area contributed by atoms with Gasteiger partial charge in [-0.25, -0.2) is 0 Å². The Hall–Kier alpha value is -4.26. The molecule has 182 valence electrons. The Morgan fingerprint density at radius 3 is 2.53 bits per heavy atom. The van der Waals surface area contributed by atoms with E-state index >= 15 is 0 Å². The molecule has 7 nitrogen and oxygen atoms in total. The summed E-state index contributed by atoms with van der Waals surface area (Å²) >= 11 is 0. The molecule has 0 spiro atoms. The molecule has 1 saturated carbocycles. The van der Waals surface area contributed by atoms with E-state index in [4.69, 9.17) is 4.74 Å². The third-order valence-corrected chi connectivity index (χ3v) is 6.70. The fourth-order valence-corrected chi connectivity index (χ4v) is 4.76. The van der Waals surface area contributed by atoms with Crippen molar-refractivity contribution in [3.05, 3.63) is 95.1 Å². The number of nitrogens with zero attached hydrogens (tertiary/aromatic N) is 1. The lowest BCUT2D eigenvalue weighted by Crippen LogP contribution is -2.44. The van der Waals surface area contributed by atoms with Crippen molar-refractivity contribution in [2.45, 2.75) is 44.8 Å². The first kappa shape index (κ1) is 23.5. The van der Waals surface area contributed by atoms with Crippen LogP contribution in [0.1, 0.15) is 64.1 Å². The molecule has 0 saturated heterocycles. The monoisotopic (exact) mass is 482 g/mol. The number of Topliss-reactive ketones (excluding diaryl/α,β-unsaturated/α-hetero) is 2. The Balaban J connectivity index is 1.26. The van der Waals surface area contributed by atoms with Crippen LogP contribution in [-0.4, -0.2) is 34.3 Å². The smallest absolute Gasteiger partial charge is 0.255 e. The summed E-state index contributed by atoms with van der Waals surface area (Å²) in [4.78, 5) is 51.4. The molecule has 3 aromatic carbocycles. The number of hydrogen-bond donors (Lipinski definition) is 1. The van der Waals surface area contributed by atoms with Gasteiger partial charge in [-0.3, -0.25) is 19.2 Å². The SMILES string of the molecule is C[C@H](NC(=O)c1ccc2c(c1)CN(C1CCC(=O)CC1=O)C2=O)c1cccc(Oc2ccccc2)c1. The maximum Gasteiger partial charge on any atom is 0.255 e. The van der Waals surface area contributed by atoms with E-state index < -0.39 is 6.04 Å². The third kappa shape index (κ3) is 4.77. The molecule has 1 aliphatic carbocycles. The molecule has 7 heteroatoms. The lowest BCUT2D eigenvalue weighted by Gasteiger charge is -2.29. The topological polar surface area (TPSA) is 92.8 Å². The summed E-state index contributed by atoms with van der Waals surface area (Å²) in [6.45, 7) is 2.16. The Kier molecular flexibility index (Phi) is 6.38. The maximum atomic E-state index is 13.0. The molecule has 1 unspecified atom stereocenters. The normalized spacial score (nSPS) is 18.1. The Labute approximate surface area is 209 Å². The van der Waals surface area contributed by atoms with Crippen LogP contribution in [-0.2, 0) is 16.1 Å². The molecule has 1 N–H and O–H groups in total. The van der Waals surface area contributed by atoms with Gasteiger partial charge in [0.25, 0.3) is 11.8 Å². The predicted octanol–water partition coefficient (Wildman–Crippen LogP) is 4.62. The third-order valence-electron chi connectivity index (χ3n) is 6.70. The Bertz CT molecular complexity index is 1350. The summed E-state index contributed by atoms with van der Waals surface area (Å²) in [6, 6.07) is 21.2. The molecule has 1 aliphatic heterocycles. The number of ether oxygens (including phenoxy) is 1. The van der Waals surface area contributed by atoms with Crippen molar-refractivity contribution in [1.82, 2.24) is 10.2 Å². The summed E-state index contributed by atoms with van der Waals surface area (Å²) in [5.74, 6) is 0.631. The highest BCUT2D eigenvalue weighted by atomic mass is 16.5. The van der Waals surface area contributed by atoms with Gasteiger partial charge in [0.15, 0.2) is 5.78 Å². The molecule has 0 aromatic heterocycles. The second kappa shape index (κ2) is 9.77. The number of ketones is 2. The summed E-state index contributed by atoms with van der Waals surface area (Å²) in [5.41, 5.74) is 2.54. The zero-order valence-corrected chi connectivity index (χ0v) is 19.9. The van der Waals surface area contributed by atoms with E-state index in [2.05, 4.69) is 5.32 Å². The Morgan fingerprint density at radius 2 is 1.75 bits per heavy atom. The molecule has 2 amide bonds. The first-order valence-corrected chi connectivity index (χ1v) is 12.0.